The van der Waals surface area contributed by atoms with Gasteiger partial charge in [-0.1, -0.05) is 24.3 Å². The van der Waals surface area contributed by atoms with Crippen LogP contribution >= 0.6 is 0 Å². The van der Waals surface area contributed by atoms with Crippen LogP contribution in [0, 0.1) is 12.5 Å². The molecule has 1 atom stereocenters. The lowest BCUT2D eigenvalue weighted by Gasteiger charge is -2.29. The van der Waals surface area contributed by atoms with Gasteiger partial charge in [-0.25, -0.2) is 24.6 Å². The van der Waals surface area contributed by atoms with E-state index in [2.05, 4.69) is 26.8 Å². The molecule has 1 fully saturated rings. The van der Waals surface area contributed by atoms with E-state index in [1.165, 1.54) is 12.0 Å². The standard InChI is InChI=1S/C28H29N7O3/c1-29-22-10-7-20(8-11-22)25-26(21-9-12-24(31-14-21)34(3)28(36)37-4)35-18-30-15-23(35)27(32-25)38-17-19-6-5-13-33(2)16-19/h7-12,14-15,18-19H,5-6,13,16-17H2,2-4H3/t19-/m1/s1. The Kier molecular flexibility index (Phi) is 7.20. The second-order valence-corrected chi connectivity index (χ2v) is 9.44. The van der Waals surface area contributed by atoms with Crippen LogP contribution in [-0.4, -0.2) is 71.2 Å². The monoisotopic (exact) mass is 511 g/mol. The van der Waals surface area contributed by atoms with E-state index in [9.17, 15) is 4.79 Å². The Morgan fingerprint density at radius 2 is 1.97 bits per heavy atom. The van der Waals surface area contributed by atoms with E-state index in [-0.39, 0.29) is 0 Å². The molecule has 5 rings (SSSR count). The highest BCUT2D eigenvalue weighted by Crippen LogP contribution is 2.36. The number of carbonyl (C=O) groups is 1. The normalized spacial score (nSPS) is 15.7. The van der Waals surface area contributed by atoms with Gasteiger partial charge in [0.1, 0.15) is 11.3 Å². The number of anilines is 1. The number of likely N-dealkylation sites (tertiary alicyclic amines) is 1. The molecule has 4 aromatic rings. The minimum Gasteiger partial charge on any atom is -0.476 e. The first-order valence-electron chi connectivity index (χ1n) is 12.4. The number of methoxy groups -OCH3 is 1. The van der Waals surface area contributed by atoms with E-state index in [0.29, 0.717) is 35.6 Å². The largest absolute Gasteiger partial charge is 0.476 e. The molecule has 3 aromatic heterocycles. The summed E-state index contributed by atoms with van der Waals surface area (Å²) in [7, 11) is 5.07. The number of pyridine rings is 1. The van der Waals surface area contributed by atoms with E-state index < -0.39 is 6.09 Å². The number of aromatic nitrogens is 4. The van der Waals surface area contributed by atoms with Gasteiger partial charge in [0.05, 0.1) is 44.2 Å². The number of fused-ring (bicyclic) bond motifs is 1. The van der Waals surface area contributed by atoms with Crippen LogP contribution in [0.4, 0.5) is 16.3 Å². The van der Waals surface area contributed by atoms with Gasteiger partial charge in [0.2, 0.25) is 5.88 Å². The lowest BCUT2D eigenvalue weighted by molar-refractivity contribution is 0.148. The molecule has 1 aliphatic heterocycles. The second-order valence-electron chi connectivity index (χ2n) is 9.44. The molecule has 0 spiro atoms. The number of ether oxygens (including phenoxy) is 2. The van der Waals surface area contributed by atoms with Gasteiger partial charge in [-0.3, -0.25) is 9.30 Å². The first-order chi connectivity index (χ1) is 18.5. The minimum atomic E-state index is -0.504. The second kappa shape index (κ2) is 10.9. The fourth-order valence-electron chi connectivity index (χ4n) is 4.80. The molecule has 4 heterocycles. The van der Waals surface area contributed by atoms with Crippen LogP contribution in [0.15, 0.2) is 55.1 Å². The number of imidazole rings is 1. The van der Waals surface area contributed by atoms with E-state index in [1.54, 1.807) is 44.0 Å². The Balaban J connectivity index is 1.58. The van der Waals surface area contributed by atoms with Gasteiger partial charge in [-0.05, 0) is 44.1 Å². The highest BCUT2D eigenvalue weighted by Gasteiger charge is 2.22. The number of carbonyl (C=O) groups excluding carboxylic acids is 1. The summed E-state index contributed by atoms with van der Waals surface area (Å²) in [5.74, 6) is 1.40. The Hall–Kier alpha value is -4.49. The number of piperidine rings is 1. The summed E-state index contributed by atoms with van der Waals surface area (Å²) >= 11 is 0. The molecule has 0 saturated carbocycles. The van der Waals surface area contributed by atoms with Crippen molar-refractivity contribution in [2.45, 2.75) is 12.8 Å². The molecule has 1 saturated heterocycles. The lowest BCUT2D eigenvalue weighted by atomic mass is 10.00. The molecule has 0 aliphatic carbocycles. The SMILES string of the molecule is [C-]#[N+]c1ccc(-c2nc(OC[C@@H]3CCCN(C)C3)c3cncn3c2-c2ccc(N(C)C(=O)OC)nc2)cc1. The van der Waals surface area contributed by atoms with Crippen LogP contribution < -0.4 is 9.64 Å². The van der Waals surface area contributed by atoms with Crippen molar-refractivity contribution in [1.82, 2.24) is 24.3 Å². The maximum atomic E-state index is 11.9. The van der Waals surface area contributed by atoms with E-state index in [0.717, 1.165) is 48.3 Å². The van der Waals surface area contributed by atoms with Crippen molar-refractivity contribution in [3.63, 3.8) is 0 Å². The first kappa shape index (κ1) is 25.2. The maximum Gasteiger partial charge on any atom is 0.414 e. The van der Waals surface area contributed by atoms with Gasteiger partial charge in [0.15, 0.2) is 5.69 Å². The van der Waals surface area contributed by atoms with Crippen molar-refractivity contribution >= 4 is 23.1 Å². The van der Waals surface area contributed by atoms with Crippen LogP contribution in [0.1, 0.15) is 12.8 Å². The van der Waals surface area contributed by atoms with Gasteiger partial charge in [-0.2, -0.15) is 0 Å². The molecule has 1 aromatic carbocycles. The van der Waals surface area contributed by atoms with Crippen LogP contribution in [-0.2, 0) is 4.74 Å². The molecule has 10 heteroatoms. The number of nitrogens with zero attached hydrogens (tertiary/aromatic N) is 7. The molecule has 10 nitrogen and oxygen atoms in total. The molecule has 1 aliphatic rings. The molecule has 0 bridgehead atoms. The Labute approximate surface area is 221 Å². The summed E-state index contributed by atoms with van der Waals surface area (Å²) in [4.78, 5) is 33.0. The average molecular weight is 512 g/mol. The summed E-state index contributed by atoms with van der Waals surface area (Å²) in [5, 5.41) is 0. The summed E-state index contributed by atoms with van der Waals surface area (Å²) in [5.41, 5.74) is 4.37. The third-order valence-electron chi connectivity index (χ3n) is 6.80. The van der Waals surface area contributed by atoms with Gasteiger partial charge in [0, 0.05) is 31.3 Å². The van der Waals surface area contributed by atoms with Crippen LogP contribution in [0.5, 0.6) is 5.88 Å². The smallest absolute Gasteiger partial charge is 0.414 e. The number of hydrogen-bond acceptors (Lipinski definition) is 7. The predicted octanol–water partition coefficient (Wildman–Crippen LogP) is 4.93. The topological polar surface area (TPSA) is 89.5 Å². The lowest BCUT2D eigenvalue weighted by Crippen LogP contribution is -2.34. The summed E-state index contributed by atoms with van der Waals surface area (Å²) in [6.07, 6.45) is 6.96. The summed E-state index contributed by atoms with van der Waals surface area (Å²) in [6, 6.07) is 11.0. The molecule has 0 radical (unpaired) electrons. The third-order valence-corrected chi connectivity index (χ3v) is 6.80. The molecule has 0 unspecified atom stereocenters. The molecule has 0 N–H and O–H groups in total. The molecule has 38 heavy (non-hydrogen) atoms. The Bertz CT molecular complexity index is 1480. The summed E-state index contributed by atoms with van der Waals surface area (Å²) < 4.78 is 13.1. The number of amides is 1. The quantitative estimate of drug-likeness (QED) is 0.339. The minimum absolute atomic E-state index is 0.433. The van der Waals surface area contributed by atoms with E-state index in [1.807, 2.05) is 22.6 Å². The zero-order valence-corrected chi connectivity index (χ0v) is 21.7. The fraction of sp³-hybridized carbons (Fsp3) is 0.321. The van der Waals surface area contributed by atoms with Gasteiger partial charge in [0.25, 0.3) is 0 Å². The highest BCUT2D eigenvalue weighted by atomic mass is 16.5. The average Bonchev–Trinajstić information content (AvgIpc) is 3.45. The van der Waals surface area contributed by atoms with Crippen LogP contribution in [0.3, 0.4) is 0 Å². The zero-order valence-electron chi connectivity index (χ0n) is 21.7. The fourth-order valence-corrected chi connectivity index (χ4v) is 4.80. The van der Waals surface area contributed by atoms with Crippen molar-refractivity contribution < 1.29 is 14.3 Å². The van der Waals surface area contributed by atoms with Crippen LogP contribution in [0.25, 0.3) is 32.9 Å². The Morgan fingerprint density at radius 3 is 2.66 bits per heavy atom. The van der Waals surface area contributed by atoms with E-state index >= 15 is 0 Å². The highest BCUT2D eigenvalue weighted by molar-refractivity contribution is 5.87. The number of benzene rings is 1. The van der Waals surface area contributed by atoms with Crippen molar-refractivity contribution in [1.29, 1.82) is 0 Å². The third kappa shape index (κ3) is 5.01. The number of rotatable bonds is 6. The maximum absolute atomic E-state index is 11.9. The molecule has 194 valence electrons. The summed E-state index contributed by atoms with van der Waals surface area (Å²) in [6.45, 7) is 9.99. The van der Waals surface area contributed by atoms with Gasteiger partial charge in [-0.15, -0.1) is 0 Å². The van der Waals surface area contributed by atoms with Gasteiger partial charge < -0.3 is 14.4 Å². The van der Waals surface area contributed by atoms with Crippen LogP contribution in [0.2, 0.25) is 0 Å². The predicted molar refractivity (Wildman–Crippen MR) is 144 cm³/mol. The van der Waals surface area contributed by atoms with Crippen molar-refractivity contribution in [3.8, 4) is 28.4 Å². The van der Waals surface area contributed by atoms with Crippen molar-refractivity contribution in [3.05, 3.63) is 66.5 Å². The Morgan fingerprint density at radius 1 is 1.18 bits per heavy atom. The van der Waals surface area contributed by atoms with Crippen molar-refractivity contribution in [2.24, 2.45) is 5.92 Å². The molecular weight excluding hydrogens is 482 g/mol. The molecule has 1 amide bonds. The van der Waals surface area contributed by atoms with E-state index in [4.69, 9.17) is 21.0 Å². The van der Waals surface area contributed by atoms with Gasteiger partial charge >= 0.3 is 6.09 Å². The first-order valence-corrected chi connectivity index (χ1v) is 12.4. The number of hydrogen-bond donors (Lipinski definition) is 0. The van der Waals surface area contributed by atoms with Crippen molar-refractivity contribution in [2.75, 3.05) is 45.8 Å². The molecular formula is C28H29N7O3. The zero-order chi connectivity index (χ0) is 26.6.